The van der Waals surface area contributed by atoms with Crippen molar-refractivity contribution < 1.29 is 13.5 Å². The van der Waals surface area contributed by atoms with E-state index in [1.165, 1.54) is 23.5 Å². The first-order chi connectivity index (χ1) is 11.8. The summed E-state index contributed by atoms with van der Waals surface area (Å²) in [6.07, 6.45) is 5.30. The van der Waals surface area contributed by atoms with Gasteiger partial charge in [-0.15, -0.1) is 10.2 Å². The number of rotatable bonds is 5. The molecular formula is C16H11FN4O2S. The number of nitrogens with zero attached hydrogens (tertiary/aromatic N) is 4. The maximum atomic E-state index is 12.9. The van der Waals surface area contributed by atoms with E-state index in [4.69, 9.17) is 9.15 Å². The second-order valence-electron chi connectivity index (χ2n) is 4.84. The van der Waals surface area contributed by atoms with E-state index < -0.39 is 0 Å². The summed E-state index contributed by atoms with van der Waals surface area (Å²) >= 11 is 1.41. The first kappa shape index (κ1) is 14.6. The predicted molar refractivity (Wildman–Crippen MR) is 87.0 cm³/mol. The molecule has 0 saturated carbocycles. The topological polar surface area (TPSA) is 65.5 Å². The van der Waals surface area contributed by atoms with Crippen molar-refractivity contribution in [3.8, 4) is 5.75 Å². The van der Waals surface area contributed by atoms with Gasteiger partial charge >= 0.3 is 0 Å². The second-order valence-corrected chi connectivity index (χ2v) is 5.83. The average molecular weight is 342 g/mol. The molecule has 0 amide bonds. The summed E-state index contributed by atoms with van der Waals surface area (Å²) in [5.74, 6) is 1.57. The summed E-state index contributed by atoms with van der Waals surface area (Å²) in [6.45, 7) is 0.192. The van der Waals surface area contributed by atoms with Crippen molar-refractivity contribution in [1.29, 1.82) is 0 Å². The Balaban J connectivity index is 1.50. The molecule has 0 radical (unpaired) electrons. The number of benzene rings is 1. The van der Waals surface area contributed by atoms with E-state index in [9.17, 15) is 4.39 Å². The highest BCUT2D eigenvalue weighted by Crippen LogP contribution is 2.18. The van der Waals surface area contributed by atoms with Gasteiger partial charge in [-0.3, -0.25) is 0 Å². The molecule has 120 valence electrons. The molecule has 0 aliphatic carbocycles. The van der Waals surface area contributed by atoms with E-state index in [2.05, 4.69) is 15.3 Å². The summed E-state index contributed by atoms with van der Waals surface area (Å²) in [6, 6.07) is 9.49. The molecule has 0 aliphatic heterocycles. The van der Waals surface area contributed by atoms with Crippen LogP contribution in [0.2, 0.25) is 0 Å². The number of fused-ring (bicyclic) bond motifs is 1. The van der Waals surface area contributed by atoms with Gasteiger partial charge in [-0.2, -0.15) is 9.61 Å². The molecule has 0 fully saturated rings. The van der Waals surface area contributed by atoms with E-state index in [1.54, 1.807) is 22.9 Å². The Hall–Kier alpha value is -3.00. The largest absolute Gasteiger partial charge is 0.486 e. The lowest BCUT2D eigenvalue weighted by Crippen LogP contribution is -2.02. The number of hydrogen-bond donors (Lipinski definition) is 0. The maximum absolute atomic E-state index is 12.9. The van der Waals surface area contributed by atoms with Gasteiger partial charge in [-0.25, -0.2) is 4.39 Å². The lowest BCUT2D eigenvalue weighted by molar-refractivity contribution is 0.292. The minimum atomic E-state index is -0.306. The molecule has 0 atom stereocenters. The molecule has 0 bridgehead atoms. The highest BCUT2D eigenvalue weighted by atomic mass is 32.1. The molecule has 1 aromatic carbocycles. The molecule has 0 unspecified atom stereocenters. The fourth-order valence-corrected chi connectivity index (χ4v) is 2.81. The highest BCUT2D eigenvalue weighted by molar-refractivity contribution is 7.17. The first-order valence-corrected chi connectivity index (χ1v) is 7.91. The molecule has 6 nitrogen and oxygen atoms in total. The van der Waals surface area contributed by atoms with Crippen LogP contribution in [0.1, 0.15) is 16.6 Å². The van der Waals surface area contributed by atoms with Crippen LogP contribution in [0.5, 0.6) is 5.75 Å². The van der Waals surface area contributed by atoms with Crippen LogP contribution in [0.15, 0.2) is 47.1 Å². The number of halogens is 1. The van der Waals surface area contributed by atoms with E-state index >= 15 is 0 Å². The SMILES string of the molecule is Fc1ccc(OCc2nnc3sc(/C=C/c4ccco4)nn23)cc1. The van der Waals surface area contributed by atoms with E-state index in [1.807, 2.05) is 24.3 Å². The van der Waals surface area contributed by atoms with Gasteiger partial charge in [-0.1, -0.05) is 11.3 Å². The molecule has 4 aromatic rings. The van der Waals surface area contributed by atoms with Crippen LogP contribution >= 0.6 is 11.3 Å². The summed E-state index contributed by atoms with van der Waals surface area (Å²) < 4.78 is 25.3. The Morgan fingerprint density at radius 1 is 1.17 bits per heavy atom. The van der Waals surface area contributed by atoms with Gasteiger partial charge in [0.2, 0.25) is 4.96 Å². The Morgan fingerprint density at radius 3 is 2.83 bits per heavy atom. The molecule has 8 heteroatoms. The molecule has 3 aromatic heterocycles. The van der Waals surface area contributed by atoms with Crippen molar-refractivity contribution in [2.45, 2.75) is 6.61 Å². The van der Waals surface area contributed by atoms with Crippen molar-refractivity contribution in [3.05, 3.63) is 65.1 Å². The van der Waals surface area contributed by atoms with Crippen molar-refractivity contribution in [2.75, 3.05) is 0 Å². The van der Waals surface area contributed by atoms with Crippen LogP contribution in [0.3, 0.4) is 0 Å². The average Bonchev–Trinajstić information content (AvgIpc) is 3.30. The fraction of sp³-hybridized carbons (Fsp3) is 0.0625. The maximum Gasteiger partial charge on any atom is 0.235 e. The van der Waals surface area contributed by atoms with Crippen LogP contribution in [-0.2, 0) is 6.61 Å². The van der Waals surface area contributed by atoms with Gasteiger partial charge in [0.25, 0.3) is 0 Å². The minimum Gasteiger partial charge on any atom is -0.486 e. The van der Waals surface area contributed by atoms with Gasteiger partial charge in [0, 0.05) is 0 Å². The Morgan fingerprint density at radius 2 is 2.04 bits per heavy atom. The lowest BCUT2D eigenvalue weighted by atomic mass is 10.3. The smallest absolute Gasteiger partial charge is 0.235 e. The molecule has 4 rings (SSSR count). The van der Waals surface area contributed by atoms with Crippen molar-refractivity contribution in [3.63, 3.8) is 0 Å². The van der Waals surface area contributed by atoms with Crippen LogP contribution in [0.25, 0.3) is 17.1 Å². The summed E-state index contributed by atoms with van der Waals surface area (Å²) in [7, 11) is 0. The Kier molecular flexibility index (Phi) is 3.80. The highest BCUT2D eigenvalue weighted by Gasteiger charge is 2.11. The van der Waals surface area contributed by atoms with Crippen molar-refractivity contribution in [1.82, 2.24) is 19.8 Å². The third-order valence-electron chi connectivity index (χ3n) is 3.19. The fourth-order valence-electron chi connectivity index (χ4n) is 2.05. The summed E-state index contributed by atoms with van der Waals surface area (Å²) in [5.41, 5.74) is 0. The van der Waals surface area contributed by atoms with Crippen LogP contribution < -0.4 is 4.74 Å². The Bertz CT molecular complexity index is 974. The number of hydrogen-bond acceptors (Lipinski definition) is 6. The molecule has 0 N–H and O–H groups in total. The van der Waals surface area contributed by atoms with Crippen LogP contribution in [0.4, 0.5) is 4.39 Å². The predicted octanol–water partition coefficient (Wildman–Crippen LogP) is 3.67. The second kappa shape index (κ2) is 6.25. The summed E-state index contributed by atoms with van der Waals surface area (Å²) in [5, 5.41) is 13.4. The van der Waals surface area contributed by atoms with Crippen LogP contribution in [0, 0.1) is 5.82 Å². The molecule has 3 heterocycles. The van der Waals surface area contributed by atoms with Gasteiger partial charge in [0.1, 0.15) is 28.9 Å². The van der Waals surface area contributed by atoms with Crippen molar-refractivity contribution in [2.24, 2.45) is 0 Å². The molecule has 24 heavy (non-hydrogen) atoms. The Labute approximate surface area is 139 Å². The van der Waals surface area contributed by atoms with Gasteiger partial charge < -0.3 is 9.15 Å². The standard InChI is InChI=1S/C16H11FN4O2S/c17-11-3-5-13(6-4-11)23-10-14-18-19-16-21(14)20-15(24-16)8-7-12-2-1-9-22-12/h1-9H,10H2/b8-7+. The lowest BCUT2D eigenvalue weighted by Gasteiger charge is -2.03. The molecular weight excluding hydrogens is 331 g/mol. The normalized spacial score (nSPS) is 11.5. The number of aromatic nitrogens is 4. The zero-order chi connectivity index (χ0) is 16.4. The molecule has 0 aliphatic rings. The number of ether oxygens (including phenoxy) is 1. The zero-order valence-electron chi connectivity index (χ0n) is 12.3. The summed E-state index contributed by atoms with van der Waals surface area (Å²) in [4.78, 5) is 0.673. The minimum absolute atomic E-state index is 0.192. The van der Waals surface area contributed by atoms with E-state index in [0.717, 1.165) is 10.8 Å². The molecule has 0 spiro atoms. The van der Waals surface area contributed by atoms with Gasteiger partial charge in [0.15, 0.2) is 5.82 Å². The van der Waals surface area contributed by atoms with E-state index in [-0.39, 0.29) is 12.4 Å². The number of furan rings is 1. The zero-order valence-corrected chi connectivity index (χ0v) is 13.1. The van der Waals surface area contributed by atoms with E-state index in [0.29, 0.717) is 16.5 Å². The monoisotopic (exact) mass is 342 g/mol. The van der Waals surface area contributed by atoms with Crippen LogP contribution in [-0.4, -0.2) is 19.8 Å². The third-order valence-corrected chi connectivity index (χ3v) is 4.05. The third kappa shape index (κ3) is 3.04. The van der Waals surface area contributed by atoms with Gasteiger partial charge in [0.05, 0.1) is 6.26 Å². The van der Waals surface area contributed by atoms with Crippen molar-refractivity contribution >= 4 is 28.4 Å². The van der Waals surface area contributed by atoms with Gasteiger partial charge in [-0.05, 0) is 48.6 Å². The quantitative estimate of drug-likeness (QED) is 0.554. The molecule has 0 saturated heterocycles. The first-order valence-electron chi connectivity index (χ1n) is 7.09.